The van der Waals surface area contributed by atoms with Gasteiger partial charge in [-0.1, -0.05) is 28.1 Å². The van der Waals surface area contributed by atoms with Gasteiger partial charge in [0.05, 0.1) is 0 Å². The van der Waals surface area contributed by atoms with Gasteiger partial charge in [-0.15, -0.1) is 11.3 Å². The summed E-state index contributed by atoms with van der Waals surface area (Å²) in [5.41, 5.74) is 6.05. The second kappa shape index (κ2) is 6.13. The monoisotopic (exact) mass is 389 g/mol. The lowest BCUT2D eigenvalue weighted by molar-refractivity contribution is 0.497. The Morgan fingerprint density at radius 3 is 2.52 bits per heavy atom. The molecule has 0 saturated heterocycles. The second-order valence-corrected chi connectivity index (χ2v) is 8.80. The molecule has 0 aliphatic heterocycles. The van der Waals surface area contributed by atoms with Crippen LogP contribution in [0.1, 0.15) is 13.8 Å². The molecule has 114 valence electrons. The number of nitrogens with one attached hydrogen (secondary N) is 1. The topological polar surface area (TPSA) is 85.1 Å². The third-order valence-electron chi connectivity index (χ3n) is 2.57. The Balaban J connectivity index is 2.21. The highest BCUT2D eigenvalue weighted by atomic mass is 79.9. The number of rotatable bonds is 5. The van der Waals surface area contributed by atoms with E-state index >= 15 is 0 Å². The highest BCUT2D eigenvalue weighted by Gasteiger charge is 2.21. The molecule has 0 spiro atoms. The molecule has 1 aromatic carbocycles. The number of hydrogen-bond donors (Lipinski definition) is 2. The van der Waals surface area contributed by atoms with Crippen LogP contribution in [0.2, 0.25) is 0 Å². The van der Waals surface area contributed by atoms with Gasteiger partial charge in [-0.3, -0.25) is 0 Å². The van der Waals surface area contributed by atoms with E-state index in [-0.39, 0.29) is 11.6 Å². The molecule has 1 heterocycles. The molecule has 0 bridgehead atoms. The van der Waals surface area contributed by atoms with Crippen LogP contribution in [0.15, 0.2) is 39.1 Å². The number of nitrogens with zero attached hydrogens (tertiary/aromatic N) is 1. The quantitative estimate of drug-likeness (QED) is 0.822. The molecule has 3 N–H and O–H groups in total. The van der Waals surface area contributed by atoms with Gasteiger partial charge in [-0.25, -0.2) is 18.1 Å². The van der Waals surface area contributed by atoms with Gasteiger partial charge in [0.15, 0.2) is 5.03 Å². The molecule has 0 atom stereocenters. The van der Waals surface area contributed by atoms with Crippen molar-refractivity contribution in [3.63, 3.8) is 0 Å². The predicted molar refractivity (Wildman–Crippen MR) is 88.7 cm³/mol. The van der Waals surface area contributed by atoms with Crippen molar-refractivity contribution in [2.45, 2.75) is 24.4 Å². The molecule has 2 rings (SSSR count). The largest absolute Gasteiger partial charge is 0.324 e. The van der Waals surface area contributed by atoms with Gasteiger partial charge in [-0.2, -0.15) is 0 Å². The van der Waals surface area contributed by atoms with Crippen LogP contribution in [0.4, 0.5) is 0 Å². The van der Waals surface area contributed by atoms with E-state index in [0.717, 1.165) is 10.0 Å². The lowest BCUT2D eigenvalue weighted by Crippen LogP contribution is -2.45. The number of nitrogens with two attached hydrogens (primary N) is 1. The van der Waals surface area contributed by atoms with Crippen LogP contribution in [0.3, 0.4) is 0 Å². The molecule has 0 fully saturated rings. The summed E-state index contributed by atoms with van der Waals surface area (Å²) in [6.45, 7) is 3.66. The Hall–Kier alpha value is -0.800. The number of thiazole rings is 1. The van der Waals surface area contributed by atoms with Crippen LogP contribution in [-0.4, -0.2) is 25.5 Å². The summed E-state index contributed by atoms with van der Waals surface area (Å²) in [4.78, 5) is 4.19. The SMILES string of the molecule is CC(C)(N)CNS(=O)(=O)c1csc(-c2ccc(Br)cc2)n1. The van der Waals surface area contributed by atoms with Crippen molar-refractivity contribution >= 4 is 37.3 Å². The third-order valence-corrected chi connectivity index (χ3v) is 5.42. The third kappa shape index (κ3) is 4.58. The molecule has 0 radical (unpaired) electrons. The van der Waals surface area contributed by atoms with E-state index in [2.05, 4.69) is 25.6 Å². The zero-order valence-electron chi connectivity index (χ0n) is 11.6. The standard InChI is InChI=1S/C13H16BrN3O2S2/c1-13(2,15)8-16-21(18,19)11-7-20-12(17-11)9-3-5-10(14)6-4-9/h3-7,16H,8,15H2,1-2H3. The fourth-order valence-electron chi connectivity index (χ4n) is 1.46. The Bertz CT molecular complexity index is 719. The van der Waals surface area contributed by atoms with E-state index < -0.39 is 15.6 Å². The molecule has 2 aromatic rings. The average molecular weight is 390 g/mol. The maximum Gasteiger partial charge on any atom is 0.258 e. The van der Waals surface area contributed by atoms with Gasteiger partial charge in [0.1, 0.15) is 5.01 Å². The van der Waals surface area contributed by atoms with E-state index in [9.17, 15) is 8.42 Å². The smallest absolute Gasteiger partial charge is 0.258 e. The first-order chi connectivity index (χ1) is 9.67. The highest BCUT2D eigenvalue weighted by molar-refractivity contribution is 9.10. The summed E-state index contributed by atoms with van der Waals surface area (Å²) in [6, 6.07) is 7.55. The summed E-state index contributed by atoms with van der Waals surface area (Å²) in [7, 11) is -3.63. The van der Waals surface area contributed by atoms with Gasteiger partial charge in [0.25, 0.3) is 10.0 Å². The zero-order valence-corrected chi connectivity index (χ0v) is 14.8. The van der Waals surface area contributed by atoms with Crippen LogP contribution < -0.4 is 10.5 Å². The second-order valence-electron chi connectivity index (χ2n) is 5.31. The molecule has 0 aliphatic carbocycles. The molecule has 0 amide bonds. The van der Waals surface area contributed by atoms with Gasteiger partial charge >= 0.3 is 0 Å². The number of aromatic nitrogens is 1. The fraction of sp³-hybridized carbons (Fsp3) is 0.308. The first-order valence-corrected chi connectivity index (χ1v) is 9.33. The van der Waals surface area contributed by atoms with Crippen molar-refractivity contribution in [3.05, 3.63) is 34.1 Å². The van der Waals surface area contributed by atoms with Crippen molar-refractivity contribution in [2.24, 2.45) is 5.73 Å². The normalized spacial score (nSPS) is 12.6. The van der Waals surface area contributed by atoms with Gasteiger partial charge in [-0.05, 0) is 26.0 Å². The first kappa shape index (κ1) is 16.6. The van der Waals surface area contributed by atoms with E-state index in [1.165, 1.54) is 16.7 Å². The number of hydrogen-bond acceptors (Lipinski definition) is 5. The minimum Gasteiger partial charge on any atom is -0.324 e. The predicted octanol–water partition coefficient (Wildman–Crippen LogP) is 2.59. The first-order valence-electron chi connectivity index (χ1n) is 6.17. The summed E-state index contributed by atoms with van der Waals surface area (Å²) in [6.07, 6.45) is 0. The molecule has 5 nitrogen and oxygen atoms in total. The van der Waals surface area contributed by atoms with Crippen LogP contribution in [0.25, 0.3) is 10.6 Å². The summed E-state index contributed by atoms with van der Waals surface area (Å²) in [5.74, 6) is 0. The van der Waals surface area contributed by atoms with Crippen molar-refractivity contribution in [3.8, 4) is 10.6 Å². The summed E-state index contributed by atoms with van der Waals surface area (Å²) >= 11 is 4.65. The summed E-state index contributed by atoms with van der Waals surface area (Å²) in [5, 5.41) is 2.22. The molecule has 1 aromatic heterocycles. The van der Waals surface area contributed by atoms with E-state index in [1.54, 1.807) is 13.8 Å². The van der Waals surface area contributed by atoms with Crippen LogP contribution in [0, 0.1) is 0 Å². The van der Waals surface area contributed by atoms with Crippen molar-refractivity contribution in [1.29, 1.82) is 0 Å². The lowest BCUT2D eigenvalue weighted by atomic mass is 10.1. The molecular formula is C13H16BrN3O2S2. The van der Waals surface area contributed by atoms with Crippen LogP contribution >= 0.6 is 27.3 Å². The van der Waals surface area contributed by atoms with Crippen molar-refractivity contribution < 1.29 is 8.42 Å². The summed E-state index contributed by atoms with van der Waals surface area (Å²) < 4.78 is 27.7. The highest BCUT2D eigenvalue weighted by Crippen LogP contribution is 2.26. The van der Waals surface area contributed by atoms with E-state index in [0.29, 0.717) is 5.01 Å². The average Bonchev–Trinajstić information content (AvgIpc) is 2.87. The van der Waals surface area contributed by atoms with Gasteiger partial charge in [0, 0.05) is 27.5 Å². The van der Waals surface area contributed by atoms with E-state index in [4.69, 9.17) is 5.73 Å². The molecule has 21 heavy (non-hydrogen) atoms. The van der Waals surface area contributed by atoms with Gasteiger partial charge in [0.2, 0.25) is 0 Å². The van der Waals surface area contributed by atoms with Crippen molar-refractivity contribution in [2.75, 3.05) is 6.54 Å². The minimum absolute atomic E-state index is 0.0228. The van der Waals surface area contributed by atoms with Crippen LogP contribution in [-0.2, 0) is 10.0 Å². The minimum atomic E-state index is -3.63. The molecular weight excluding hydrogens is 374 g/mol. The van der Waals surface area contributed by atoms with Crippen molar-refractivity contribution in [1.82, 2.24) is 9.71 Å². The number of benzene rings is 1. The maximum absolute atomic E-state index is 12.1. The Kier molecular flexibility index (Phi) is 4.84. The Labute approximate surface area is 136 Å². The van der Waals surface area contributed by atoms with Crippen LogP contribution in [0.5, 0.6) is 0 Å². The Morgan fingerprint density at radius 1 is 1.33 bits per heavy atom. The Morgan fingerprint density at radius 2 is 1.95 bits per heavy atom. The molecule has 8 heteroatoms. The zero-order chi connectivity index (χ0) is 15.7. The molecule has 0 unspecified atom stereocenters. The number of halogens is 1. The van der Waals surface area contributed by atoms with Gasteiger partial charge < -0.3 is 5.73 Å². The van der Waals surface area contributed by atoms with E-state index in [1.807, 2.05) is 24.3 Å². The molecule has 0 saturated carbocycles. The maximum atomic E-state index is 12.1. The number of sulfonamides is 1. The fourth-order valence-corrected chi connectivity index (χ4v) is 4.05. The molecule has 0 aliphatic rings. The lowest BCUT2D eigenvalue weighted by Gasteiger charge is -2.18.